The molecule has 0 aliphatic carbocycles. The number of alkyl halides is 3. The van der Waals surface area contributed by atoms with Crippen LogP contribution in [0.25, 0.3) is 11.1 Å². The summed E-state index contributed by atoms with van der Waals surface area (Å²) in [5, 5.41) is 0.714. The SMILES string of the molecule is CC1CC(c2ccccc2Cl)=NC1c1ccc(-c2ccc(SC(F)(F)F)cc2)cc1. The predicted molar refractivity (Wildman–Crippen MR) is 118 cm³/mol. The first-order valence-corrected chi connectivity index (χ1v) is 10.8. The standard InChI is InChI=1S/C24H19ClF3NS/c1-15-14-22(20-4-2-3-5-21(20)25)29-23(15)18-8-6-16(7-9-18)17-10-12-19(13-11-17)30-24(26,27)28/h2-13,15,23H,14H2,1H3. The molecule has 1 aliphatic rings. The maximum atomic E-state index is 12.5. The molecule has 2 unspecified atom stereocenters. The van der Waals surface area contributed by atoms with Crippen LogP contribution in [0.4, 0.5) is 13.2 Å². The molecule has 30 heavy (non-hydrogen) atoms. The van der Waals surface area contributed by atoms with Gasteiger partial charge in [0.15, 0.2) is 0 Å². The van der Waals surface area contributed by atoms with Crippen molar-refractivity contribution in [1.82, 2.24) is 0 Å². The van der Waals surface area contributed by atoms with Gasteiger partial charge < -0.3 is 0 Å². The topological polar surface area (TPSA) is 12.4 Å². The second kappa shape index (κ2) is 8.48. The van der Waals surface area contributed by atoms with Gasteiger partial charge in [0.25, 0.3) is 0 Å². The Hall–Kier alpha value is -2.24. The second-order valence-corrected chi connectivity index (χ2v) is 8.92. The molecule has 2 atom stereocenters. The molecule has 6 heteroatoms. The van der Waals surface area contributed by atoms with E-state index < -0.39 is 5.51 Å². The van der Waals surface area contributed by atoms with E-state index in [4.69, 9.17) is 16.6 Å². The number of benzene rings is 3. The number of thioether (sulfide) groups is 1. The van der Waals surface area contributed by atoms with Gasteiger partial charge in [0.05, 0.1) is 6.04 Å². The van der Waals surface area contributed by atoms with Gasteiger partial charge in [0.2, 0.25) is 0 Å². The number of nitrogens with zero attached hydrogens (tertiary/aromatic N) is 1. The average molecular weight is 446 g/mol. The Bertz CT molecular complexity index is 1060. The monoisotopic (exact) mass is 445 g/mol. The number of hydrogen-bond donors (Lipinski definition) is 0. The van der Waals surface area contributed by atoms with Crippen LogP contribution in [-0.4, -0.2) is 11.2 Å². The molecule has 0 amide bonds. The molecular formula is C24H19ClF3NS. The minimum absolute atomic E-state index is 0.0656. The minimum atomic E-state index is -4.27. The second-order valence-electron chi connectivity index (χ2n) is 7.38. The van der Waals surface area contributed by atoms with Crippen LogP contribution in [0, 0.1) is 5.92 Å². The average Bonchev–Trinajstić information content (AvgIpc) is 3.09. The van der Waals surface area contributed by atoms with Gasteiger partial charge in [-0.25, -0.2) is 0 Å². The number of aliphatic imine (C=N–C) groups is 1. The van der Waals surface area contributed by atoms with Crippen molar-refractivity contribution in [1.29, 1.82) is 0 Å². The van der Waals surface area contributed by atoms with E-state index >= 15 is 0 Å². The molecule has 1 aliphatic heterocycles. The first kappa shape index (κ1) is 21.0. The maximum Gasteiger partial charge on any atom is 0.446 e. The van der Waals surface area contributed by atoms with E-state index in [1.165, 1.54) is 12.1 Å². The third-order valence-corrected chi connectivity index (χ3v) is 6.28. The zero-order chi connectivity index (χ0) is 21.3. The Balaban J connectivity index is 1.53. The van der Waals surface area contributed by atoms with E-state index in [0.29, 0.717) is 10.9 Å². The van der Waals surface area contributed by atoms with E-state index in [0.717, 1.165) is 34.4 Å². The molecule has 0 spiro atoms. The highest BCUT2D eigenvalue weighted by Crippen LogP contribution is 2.39. The summed E-state index contributed by atoms with van der Waals surface area (Å²) in [5.41, 5.74) is 0.709. The smallest absolute Gasteiger partial charge is 0.281 e. The first-order chi connectivity index (χ1) is 14.3. The van der Waals surface area contributed by atoms with E-state index in [1.54, 1.807) is 12.1 Å². The van der Waals surface area contributed by atoms with Gasteiger partial charge in [0.1, 0.15) is 0 Å². The molecule has 154 valence electrons. The quantitative estimate of drug-likeness (QED) is 0.369. The summed E-state index contributed by atoms with van der Waals surface area (Å²) < 4.78 is 37.5. The molecule has 0 fully saturated rings. The molecule has 0 saturated carbocycles. The number of rotatable bonds is 4. The summed E-state index contributed by atoms with van der Waals surface area (Å²) in [6, 6.07) is 22.4. The Morgan fingerprint density at radius 3 is 2.10 bits per heavy atom. The third-order valence-electron chi connectivity index (χ3n) is 5.21. The van der Waals surface area contributed by atoms with E-state index in [2.05, 4.69) is 6.92 Å². The Kier molecular flexibility index (Phi) is 5.94. The largest absolute Gasteiger partial charge is 0.446 e. The molecule has 1 nitrogen and oxygen atoms in total. The van der Waals surface area contributed by atoms with Crippen LogP contribution < -0.4 is 0 Å². The van der Waals surface area contributed by atoms with Crippen molar-refractivity contribution in [3.8, 4) is 11.1 Å². The van der Waals surface area contributed by atoms with Crippen molar-refractivity contribution in [2.45, 2.75) is 29.8 Å². The first-order valence-electron chi connectivity index (χ1n) is 9.58. The van der Waals surface area contributed by atoms with Crippen molar-refractivity contribution in [2.75, 3.05) is 0 Å². The third kappa shape index (κ3) is 4.73. The number of halogens is 4. The molecular weight excluding hydrogens is 427 g/mol. The van der Waals surface area contributed by atoms with Gasteiger partial charge in [-0.2, -0.15) is 13.2 Å². The van der Waals surface area contributed by atoms with Crippen LogP contribution in [-0.2, 0) is 0 Å². The highest BCUT2D eigenvalue weighted by Gasteiger charge is 2.29. The molecule has 0 aromatic heterocycles. The zero-order valence-electron chi connectivity index (χ0n) is 16.2. The molecule has 1 heterocycles. The lowest BCUT2D eigenvalue weighted by Gasteiger charge is -2.14. The van der Waals surface area contributed by atoms with Crippen LogP contribution in [0.15, 0.2) is 82.7 Å². The van der Waals surface area contributed by atoms with Gasteiger partial charge in [0, 0.05) is 21.2 Å². The summed E-state index contributed by atoms with van der Waals surface area (Å²) in [7, 11) is 0. The molecule has 3 aromatic carbocycles. The molecule has 0 saturated heterocycles. The predicted octanol–water partition coefficient (Wildman–Crippen LogP) is 8.19. The van der Waals surface area contributed by atoms with Crippen LogP contribution in [0.1, 0.15) is 30.5 Å². The zero-order valence-corrected chi connectivity index (χ0v) is 17.7. The van der Waals surface area contributed by atoms with Crippen LogP contribution in [0.3, 0.4) is 0 Å². The highest BCUT2D eigenvalue weighted by atomic mass is 35.5. The summed E-state index contributed by atoms with van der Waals surface area (Å²) in [6.07, 6.45) is 0.870. The van der Waals surface area contributed by atoms with Crippen LogP contribution in [0.2, 0.25) is 5.02 Å². The van der Waals surface area contributed by atoms with Gasteiger partial charge in [-0.15, -0.1) is 0 Å². The van der Waals surface area contributed by atoms with Crippen molar-refractivity contribution in [3.63, 3.8) is 0 Å². The lowest BCUT2D eigenvalue weighted by atomic mass is 9.92. The molecule has 0 radical (unpaired) electrons. The fraction of sp³-hybridized carbons (Fsp3) is 0.208. The summed E-state index contributed by atoms with van der Waals surface area (Å²) in [5.74, 6) is 0.362. The van der Waals surface area contributed by atoms with Gasteiger partial charge in [-0.1, -0.05) is 73.1 Å². The fourth-order valence-corrected chi connectivity index (χ4v) is 4.55. The summed E-state index contributed by atoms with van der Waals surface area (Å²) in [6.45, 7) is 2.18. The summed E-state index contributed by atoms with van der Waals surface area (Å²) in [4.78, 5) is 5.13. The van der Waals surface area contributed by atoms with Crippen LogP contribution in [0.5, 0.6) is 0 Å². The van der Waals surface area contributed by atoms with Gasteiger partial charge in [-0.3, -0.25) is 4.99 Å². The van der Waals surface area contributed by atoms with Gasteiger partial charge in [-0.05, 0) is 59.0 Å². The fourth-order valence-electron chi connectivity index (χ4n) is 3.76. The normalized spacial score (nSPS) is 19.0. The molecule has 0 N–H and O–H groups in total. The van der Waals surface area contributed by atoms with E-state index in [9.17, 15) is 13.2 Å². The lowest BCUT2D eigenvalue weighted by molar-refractivity contribution is -0.0328. The molecule has 0 bridgehead atoms. The van der Waals surface area contributed by atoms with E-state index in [-0.39, 0.29) is 22.7 Å². The van der Waals surface area contributed by atoms with Gasteiger partial charge >= 0.3 is 5.51 Å². The lowest BCUT2D eigenvalue weighted by Crippen LogP contribution is -2.03. The van der Waals surface area contributed by atoms with Crippen molar-refractivity contribution in [2.24, 2.45) is 10.9 Å². The minimum Gasteiger partial charge on any atom is -0.281 e. The molecule has 4 rings (SSSR count). The van der Waals surface area contributed by atoms with E-state index in [1.807, 2.05) is 48.5 Å². The maximum absolute atomic E-state index is 12.5. The molecule has 3 aromatic rings. The highest BCUT2D eigenvalue weighted by molar-refractivity contribution is 8.00. The Morgan fingerprint density at radius 2 is 1.50 bits per heavy atom. The van der Waals surface area contributed by atoms with Crippen molar-refractivity contribution < 1.29 is 13.2 Å². The summed E-state index contributed by atoms with van der Waals surface area (Å²) >= 11 is 6.24. The van der Waals surface area contributed by atoms with Crippen molar-refractivity contribution >= 4 is 29.1 Å². The van der Waals surface area contributed by atoms with Crippen molar-refractivity contribution in [3.05, 3.63) is 88.9 Å². The van der Waals surface area contributed by atoms with Crippen LogP contribution >= 0.6 is 23.4 Å². The Morgan fingerprint density at radius 1 is 0.900 bits per heavy atom. The number of hydrogen-bond acceptors (Lipinski definition) is 2. The Labute approximate surface area is 183 Å².